The third-order valence-corrected chi connectivity index (χ3v) is 4.92. The zero-order valence-corrected chi connectivity index (χ0v) is 16.4. The summed E-state index contributed by atoms with van der Waals surface area (Å²) in [6, 6.07) is 15.7. The Morgan fingerprint density at radius 3 is 2.54 bits per heavy atom. The summed E-state index contributed by atoms with van der Waals surface area (Å²) in [5.41, 5.74) is 4.17. The van der Waals surface area contributed by atoms with Gasteiger partial charge in [-0.3, -0.25) is 9.59 Å². The van der Waals surface area contributed by atoms with E-state index in [0.717, 1.165) is 29.6 Å². The first-order valence-corrected chi connectivity index (χ1v) is 9.81. The molecule has 28 heavy (non-hydrogen) atoms. The number of carbonyl (C=O) groups excluding carboxylic acids is 2. The summed E-state index contributed by atoms with van der Waals surface area (Å²) in [6.07, 6.45) is 4.66. The molecular weight excluding hydrogens is 350 g/mol. The molecule has 0 spiro atoms. The molecule has 0 saturated heterocycles. The van der Waals surface area contributed by atoms with Crippen LogP contribution in [0.15, 0.2) is 54.7 Å². The number of hydrogen-bond acceptors (Lipinski definition) is 2. The average Bonchev–Trinajstić information content (AvgIpc) is 3.11. The molecular formula is C23H27N3O2. The molecule has 5 nitrogen and oxygen atoms in total. The zero-order chi connectivity index (χ0) is 19.9. The smallest absolute Gasteiger partial charge is 0.224 e. The number of rotatable bonds is 8. The summed E-state index contributed by atoms with van der Waals surface area (Å²) in [7, 11) is 0. The fourth-order valence-electron chi connectivity index (χ4n) is 3.28. The number of fused-ring (bicyclic) bond motifs is 1. The number of amides is 2. The van der Waals surface area contributed by atoms with E-state index in [0.29, 0.717) is 12.8 Å². The first-order chi connectivity index (χ1) is 13.6. The average molecular weight is 377 g/mol. The SMILES string of the molecule is CCC(=O)Nc1ccc(C(C)NC(=O)CCCc2c[nH]c3ccccc23)cc1. The molecule has 5 heteroatoms. The summed E-state index contributed by atoms with van der Waals surface area (Å²) in [4.78, 5) is 27.0. The number of aryl methyl sites for hydroxylation is 1. The molecule has 2 amide bonds. The van der Waals surface area contributed by atoms with Gasteiger partial charge in [0, 0.05) is 35.6 Å². The van der Waals surface area contributed by atoms with Gasteiger partial charge in [0.05, 0.1) is 6.04 Å². The molecule has 0 saturated carbocycles. The molecule has 3 rings (SSSR count). The highest BCUT2D eigenvalue weighted by atomic mass is 16.2. The lowest BCUT2D eigenvalue weighted by Crippen LogP contribution is -2.26. The van der Waals surface area contributed by atoms with Crippen LogP contribution in [0.4, 0.5) is 5.69 Å². The van der Waals surface area contributed by atoms with Gasteiger partial charge in [-0.05, 0) is 49.1 Å². The highest BCUT2D eigenvalue weighted by Gasteiger charge is 2.11. The van der Waals surface area contributed by atoms with E-state index in [-0.39, 0.29) is 17.9 Å². The van der Waals surface area contributed by atoms with Crippen LogP contribution < -0.4 is 10.6 Å². The van der Waals surface area contributed by atoms with Gasteiger partial charge in [-0.15, -0.1) is 0 Å². The van der Waals surface area contributed by atoms with Crippen LogP contribution in [-0.2, 0) is 16.0 Å². The van der Waals surface area contributed by atoms with Crippen molar-refractivity contribution in [3.8, 4) is 0 Å². The van der Waals surface area contributed by atoms with Gasteiger partial charge < -0.3 is 15.6 Å². The van der Waals surface area contributed by atoms with Gasteiger partial charge in [0.25, 0.3) is 0 Å². The van der Waals surface area contributed by atoms with Crippen LogP contribution in [-0.4, -0.2) is 16.8 Å². The molecule has 1 atom stereocenters. The van der Waals surface area contributed by atoms with Crippen molar-refractivity contribution >= 4 is 28.4 Å². The van der Waals surface area contributed by atoms with Crippen LogP contribution in [0.25, 0.3) is 10.9 Å². The Morgan fingerprint density at radius 2 is 1.79 bits per heavy atom. The lowest BCUT2D eigenvalue weighted by molar-refractivity contribution is -0.121. The minimum Gasteiger partial charge on any atom is -0.361 e. The third-order valence-electron chi connectivity index (χ3n) is 4.92. The van der Waals surface area contributed by atoms with Crippen LogP contribution in [0.3, 0.4) is 0 Å². The largest absolute Gasteiger partial charge is 0.361 e. The van der Waals surface area contributed by atoms with Crippen molar-refractivity contribution in [1.29, 1.82) is 0 Å². The lowest BCUT2D eigenvalue weighted by Gasteiger charge is -2.15. The second-order valence-corrected chi connectivity index (χ2v) is 7.03. The van der Waals surface area contributed by atoms with Crippen molar-refractivity contribution in [2.45, 2.75) is 45.6 Å². The number of hydrogen-bond donors (Lipinski definition) is 3. The Bertz CT molecular complexity index is 944. The van der Waals surface area contributed by atoms with Gasteiger partial charge in [-0.1, -0.05) is 37.3 Å². The van der Waals surface area contributed by atoms with Crippen LogP contribution in [0.5, 0.6) is 0 Å². The second kappa shape index (κ2) is 9.22. The van der Waals surface area contributed by atoms with E-state index in [1.165, 1.54) is 10.9 Å². The van der Waals surface area contributed by atoms with Crippen molar-refractivity contribution in [1.82, 2.24) is 10.3 Å². The molecule has 3 N–H and O–H groups in total. The summed E-state index contributed by atoms with van der Waals surface area (Å²) in [6.45, 7) is 3.79. The molecule has 2 aromatic carbocycles. The molecule has 0 aliphatic carbocycles. The number of aromatic amines is 1. The molecule has 3 aromatic rings. The van der Waals surface area contributed by atoms with E-state index >= 15 is 0 Å². The maximum Gasteiger partial charge on any atom is 0.224 e. The van der Waals surface area contributed by atoms with Gasteiger partial charge >= 0.3 is 0 Å². The number of benzene rings is 2. The van der Waals surface area contributed by atoms with E-state index in [2.05, 4.69) is 27.8 Å². The maximum absolute atomic E-state index is 12.3. The number of nitrogens with one attached hydrogen (secondary N) is 3. The standard InChI is InChI=1S/C23H27N3O2/c1-3-22(27)26-19-13-11-17(12-14-19)16(2)25-23(28)10-6-7-18-15-24-21-9-5-4-8-20(18)21/h4-5,8-9,11-16,24H,3,6-7,10H2,1-2H3,(H,25,28)(H,26,27). The summed E-state index contributed by atoms with van der Waals surface area (Å²) in [5.74, 6) is 0.0417. The van der Waals surface area contributed by atoms with E-state index in [9.17, 15) is 9.59 Å². The quantitative estimate of drug-likeness (QED) is 0.531. The second-order valence-electron chi connectivity index (χ2n) is 7.03. The van der Waals surface area contributed by atoms with Crippen LogP contribution >= 0.6 is 0 Å². The van der Waals surface area contributed by atoms with Crippen molar-refractivity contribution in [3.05, 3.63) is 65.9 Å². The minimum atomic E-state index is -0.0727. The highest BCUT2D eigenvalue weighted by molar-refractivity contribution is 5.90. The Morgan fingerprint density at radius 1 is 1.04 bits per heavy atom. The fraction of sp³-hybridized carbons (Fsp3) is 0.304. The first kappa shape index (κ1) is 19.7. The Hall–Kier alpha value is -3.08. The Labute approximate surface area is 165 Å². The maximum atomic E-state index is 12.3. The minimum absolute atomic E-state index is 0.00991. The van der Waals surface area contributed by atoms with Crippen molar-refractivity contribution in [3.63, 3.8) is 0 Å². The van der Waals surface area contributed by atoms with Crippen molar-refractivity contribution in [2.24, 2.45) is 0 Å². The lowest BCUT2D eigenvalue weighted by atomic mass is 10.1. The highest BCUT2D eigenvalue weighted by Crippen LogP contribution is 2.20. The van der Waals surface area contributed by atoms with Crippen LogP contribution in [0, 0.1) is 0 Å². The summed E-state index contributed by atoms with van der Waals surface area (Å²) < 4.78 is 0. The van der Waals surface area contributed by atoms with E-state index < -0.39 is 0 Å². The predicted octanol–water partition coefficient (Wildman–Crippen LogP) is 4.72. The van der Waals surface area contributed by atoms with Crippen molar-refractivity contribution < 1.29 is 9.59 Å². The van der Waals surface area contributed by atoms with Crippen LogP contribution in [0.1, 0.15) is 50.3 Å². The van der Waals surface area contributed by atoms with Crippen LogP contribution in [0.2, 0.25) is 0 Å². The van der Waals surface area contributed by atoms with E-state index in [4.69, 9.17) is 0 Å². The third kappa shape index (κ3) is 5.00. The topological polar surface area (TPSA) is 74.0 Å². The fourth-order valence-corrected chi connectivity index (χ4v) is 3.28. The van der Waals surface area contributed by atoms with E-state index in [1.807, 2.05) is 56.4 Å². The molecule has 1 heterocycles. The molecule has 0 aliphatic heterocycles. The van der Waals surface area contributed by atoms with Gasteiger partial charge in [0.1, 0.15) is 0 Å². The van der Waals surface area contributed by atoms with E-state index in [1.54, 1.807) is 0 Å². The molecule has 0 bridgehead atoms. The number of aromatic nitrogens is 1. The Balaban J connectivity index is 1.47. The molecule has 0 radical (unpaired) electrons. The van der Waals surface area contributed by atoms with Crippen molar-refractivity contribution in [2.75, 3.05) is 5.32 Å². The number of carbonyl (C=O) groups is 2. The number of anilines is 1. The summed E-state index contributed by atoms with van der Waals surface area (Å²) >= 11 is 0. The van der Waals surface area contributed by atoms with Gasteiger partial charge in [-0.2, -0.15) is 0 Å². The summed E-state index contributed by atoms with van der Waals surface area (Å²) in [5, 5.41) is 7.10. The molecule has 146 valence electrons. The van der Waals surface area contributed by atoms with Gasteiger partial charge in [0.2, 0.25) is 11.8 Å². The molecule has 1 unspecified atom stereocenters. The Kier molecular flexibility index (Phi) is 6.48. The van der Waals surface area contributed by atoms with Gasteiger partial charge in [0.15, 0.2) is 0 Å². The van der Waals surface area contributed by atoms with Gasteiger partial charge in [-0.25, -0.2) is 0 Å². The molecule has 0 fully saturated rings. The molecule has 1 aromatic heterocycles. The first-order valence-electron chi connectivity index (χ1n) is 9.81. The monoisotopic (exact) mass is 377 g/mol. The number of H-pyrrole nitrogens is 1. The predicted molar refractivity (Wildman–Crippen MR) is 113 cm³/mol. The molecule has 0 aliphatic rings. The number of para-hydroxylation sites is 1. The normalized spacial score (nSPS) is 11.9. The zero-order valence-electron chi connectivity index (χ0n) is 16.4.